The zero-order chi connectivity index (χ0) is 24.5. The number of para-hydroxylation sites is 2. The summed E-state index contributed by atoms with van der Waals surface area (Å²) in [5, 5.41) is 7.23. The summed E-state index contributed by atoms with van der Waals surface area (Å²) in [5.74, 6) is 1.61. The summed E-state index contributed by atoms with van der Waals surface area (Å²) in [6, 6.07) is 22.1. The molecule has 2 aliphatic rings. The fraction of sp³-hybridized carbons (Fsp3) is 0.276. The van der Waals surface area contributed by atoms with Crippen molar-refractivity contribution in [2.75, 3.05) is 17.7 Å². The van der Waals surface area contributed by atoms with Crippen molar-refractivity contribution in [2.24, 2.45) is 0 Å². The quantitative estimate of drug-likeness (QED) is 0.363. The van der Waals surface area contributed by atoms with Gasteiger partial charge in [-0.15, -0.1) is 0 Å². The maximum atomic E-state index is 13.7. The number of carbonyl (C=O) groups excluding carboxylic acids is 1. The molecular formula is C29H29BrN2O3. The summed E-state index contributed by atoms with van der Waals surface area (Å²) in [7, 11) is 1.65. The van der Waals surface area contributed by atoms with Crippen molar-refractivity contribution in [3.05, 3.63) is 93.6 Å². The largest absolute Gasteiger partial charge is 0.493 e. The molecule has 0 amide bonds. The minimum Gasteiger partial charge on any atom is -0.493 e. The van der Waals surface area contributed by atoms with Gasteiger partial charge in [-0.2, -0.15) is 0 Å². The van der Waals surface area contributed by atoms with Crippen LogP contribution in [0.25, 0.3) is 0 Å². The van der Waals surface area contributed by atoms with Gasteiger partial charge in [0.1, 0.15) is 0 Å². The molecule has 0 saturated heterocycles. The number of carbonyl (C=O) groups is 1. The average molecular weight is 533 g/mol. The predicted molar refractivity (Wildman–Crippen MR) is 143 cm³/mol. The molecule has 2 atom stereocenters. The molecule has 5 rings (SSSR count). The number of fused-ring (bicyclic) bond motifs is 1. The van der Waals surface area contributed by atoms with Gasteiger partial charge in [-0.25, -0.2) is 0 Å². The molecule has 0 radical (unpaired) electrons. The fourth-order valence-electron chi connectivity index (χ4n) is 4.92. The zero-order valence-electron chi connectivity index (χ0n) is 20.1. The van der Waals surface area contributed by atoms with E-state index in [1.165, 1.54) is 0 Å². The summed E-state index contributed by atoms with van der Waals surface area (Å²) < 4.78 is 12.5. The van der Waals surface area contributed by atoms with Gasteiger partial charge in [0, 0.05) is 22.2 Å². The molecule has 0 spiro atoms. The van der Waals surface area contributed by atoms with E-state index in [9.17, 15) is 4.79 Å². The Morgan fingerprint density at radius 3 is 2.34 bits per heavy atom. The van der Waals surface area contributed by atoms with Crippen molar-refractivity contribution >= 4 is 33.1 Å². The lowest BCUT2D eigenvalue weighted by atomic mass is 9.78. The first-order valence-corrected chi connectivity index (χ1v) is 12.7. The van der Waals surface area contributed by atoms with E-state index in [0.29, 0.717) is 17.9 Å². The van der Waals surface area contributed by atoms with E-state index in [4.69, 9.17) is 9.47 Å². The SMILES string of the molecule is COc1cc(C2CC(=O)C3=C(C2)Nc2ccccc2NC3c2ccc(Br)cc2)ccc1OC(C)C. The number of halogens is 1. The molecule has 3 aromatic carbocycles. The van der Waals surface area contributed by atoms with Gasteiger partial charge in [0.2, 0.25) is 0 Å². The van der Waals surface area contributed by atoms with Gasteiger partial charge in [0.15, 0.2) is 17.3 Å². The Morgan fingerprint density at radius 2 is 1.63 bits per heavy atom. The minimum absolute atomic E-state index is 0.0478. The van der Waals surface area contributed by atoms with Gasteiger partial charge in [-0.3, -0.25) is 4.79 Å². The number of Topliss-reactive ketones (excluding diaryl/α,β-unsaturated/α-hetero) is 1. The molecule has 3 aromatic rings. The molecule has 0 bridgehead atoms. The Bertz CT molecular complexity index is 1280. The molecule has 0 fully saturated rings. The van der Waals surface area contributed by atoms with Gasteiger partial charge in [-0.1, -0.05) is 46.3 Å². The molecule has 35 heavy (non-hydrogen) atoms. The lowest BCUT2D eigenvalue weighted by molar-refractivity contribution is -0.116. The highest BCUT2D eigenvalue weighted by atomic mass is 79.9. The number of hydrogen-bond acceptors (Lipinski definition) is 5. The molecule has 2 N–H and O–H groups in total. The van der Waals surface area contributed by atoms with Crippen LogP contribution in [0, 0.1) is 0 Å². The van der Waals surface area contributed by atoms with Gasteiger partial charge >= 0.3 is 0 Å². The Morgan fingerprint density at radius 1 is 0.914 bits per heavy atom. The Balaban J connectivity index is 1.54. The maximum Gasteiger partial charge on any atom is 0.163 e. The second-order valence-corrected chi connectivity index (χ2v) is 10.2. The molecule has 1 heterocycles. The van der Waals surface area contributed by atoms with Gasteiger partial charge in [0.25, 0.3) is 0 Å². The zero-order valence-corrected chi connectivity index (χ0v) is 21.7. The van der Waals surface area contributed by atoms with E-state index in [-0.39, 0.29) is 23.8 Å². The minimum atomic E-state index is -0.223. The second kappa shape index (κ2) is 9.78. The number of ether oxygens (including phenoxy) is 2. The molecule has 2 unspecified atom stereocenters. The number of rotatable bonds is 5. The first-order valence-electron chi connectivity index (χ1n) is 11.9. The molecule has 6 heteroatoms. The van der Waals surface area contributed by atoms with Crippen molar-refractivity contribution in [1.29, 1.82) is 0 Å². The van der Waals surface area contributed by atoms with Crippen LogP contribution in [0.3, 0.4) is 0 Å². The lowest BCUT2D eigenvalue weighted by Crippen LogP contribution is -2.26. The third-order valence-electron chi connectivity index (χ3n) is 6.53. The predicted octanol–water partition coefficient (Wildman–Crippen LogP) is 7.22. The highest BCUT2D eigenvalue weighted by Gasteiger charge is 2.36. The number of anilines is 2. The third-order valence-corrected chi connectivity index (χ3v) is 7.06. The summed E-state index contributed by atoms with van der Waals surface area (Å²) >= 11 is 3.52. The normalized spacial score (nSPS) is 19.3. The number of benzene rings is 3. The van der Waals surface area contributed by atoms with Crippen LogP contribution >= 0.6 is 15.9 Å². The molecule has 1 aliphatic carbocycles. The molecule has 5 nitrogen and oxygen atoms in total. The summed E-state index contributed by atoms with van der Waals surface area (Å²) in [5.41, 5.74) is 5.88. The van der Waals surface area contributed by atoms with E-state index in [1.807, 2.05) is 62.4 Å². The molecule has 0 saturated carbocycles. The van der Waals surface area contributed by atoms with E-state index in [1.54, 1.807) is 7.11 Å². The van der Waals surface area contributed by atoms with Crippen molar-refractivity contribution < 1.29 is 14.3 Å². The maximum absolute atomic E-state index is 13.7. The van der Waals surface area contributed by atoms with E-state index in [2.05, 4.69) is 44.8 Å². The third kappa shape index (κ3) is 4.80. The van der Waals surface area contributed by atoms with Gasteiger partial charge in [-0.05, 0) is 73.7 Å². The van der Waals surface area contributed by atoms with Crippen LogP contribution in [0.2, 0.25) is 0 Å². The molecule has 0 aromatic heterocycles. The van der Waals surface area contributed by atoms with E-state index >= 15 is 0 Å². The smallest absolute Gasteiger partial charge is 0.163 e. The van der Waals surface area contributed by atoms with E-state index in [0.717, 1.165) is 44.7 Å². The molecule has 180 valence electrons. The second-order valence-electron chi connectivity index (χ2n) is 9.30. The van der Waals surface area contributed by atoms with Crippen LogP contribution in [0.15, 0.2) is 82.5 Å². The van der Waals surface area contributed by atoms with Crippen molar-refractivity contribution in [3.8, 4) is 11.5 Å². The average Bonchev–Trinajstić information content (AvgIpc) is 3.01. The Labute approximate surface area is 214 Å². The number of nitrogens with one attached hydrogen (secondary N) is 2. The first kappa shape index (κ1) is 23.5. The Kier molecular flexibility index (Phi) is 6.56. The number of methoxy groups -OCH3 is 1. The van der Waals surface area contributed by atoms with Crippen LogP contribution < -0.4 is 20.1 Å². The molecular weight excluding hydrogens is 504 g/mol. The van der Waals surface area contributed by atoms with Gasteiger partial charge in [0.05, 0.1) is 30.6 Å². The van der Waals surface area contributed by atoms with Gasteiger partial charge < -0.3 is 20.1 Å². The number of hydrogen-bond donors (Lipinski definition) is 2. The summed E-state index contributed by atoms with van der Waals surface area (Å²) in [6.45, 7) is 3.99. The van der Waals surface area contributed by atoms with Crippen LogP contribution in [0.1, 0.15) is 49.8 Å². The molecule has 1 aliphatic heterocycles. The standard InChI is InChI=1S/C29H29BrN2O3/c1-17(2)35-26-13-10-19(16-27(26)34-3)20-14-24-28(25(33)15-20)29(18-8-11-21(30)12-9-18)32-23-7-5-4-6-22(23)31-24/h4-13,16-17,20,29,31-32H,14-15H2,1-3H3. The fourth-order valence-corrected chi connectivity index (χ4v) is 5.19. The van der Waals surface area contributed by atoms with E-state index < -0.39 is 0 Å². The summed E-state index contributed by atoms with van der Waals surface area (Å²) in [6.07, 6.45) is 1.23. The van der Waals surface area contributed by atoms with Crippen LogP contribution in [-0.2, 0) is 4.79 Å². The van der Waals surface area contributed by atoms with Crippen molar-refractivity contribution in [2.45, 2.75) is 44.8 Å². The van der Waals surface area contributed by atoms with Crippen LogP contribution in [0.4, 0.5) is 11.4 Å². The topological polar surface area (TPSA) is 59.6 Å². The highest BCUT2D eigenvalue weighted by molar-refractivity contribution is 9.10. The first-order chi connectivity index (χ1) is 16.9. The van der Waals surface area contributed by atoms with Crippen LogP contribution in [-0.4, -0.2) is 19.0 Å². The Hall–Kier alpha value is -3.25. The lowest BCUT2D eigenvalue weighted by Gasteiger charge is -2.30. The monoisotopic (exact) mass is 532 g/mol. The highest BCUT2D eigenvalue weighted by Crippen LogP contribution is 2.45. The summed E-state index contributed by atoms with van der Waals surface area (Å²) in [4.78, 5) is 13.7. The van der Waals surface area contributed by atoms with Crippen LogP contribution in [0.5, 0.6) is 11.5 Å². The van der Waals surface area contributed by atoms with Crippen molar-refractivity contribution in [3.63, 3.8) is 0 Å². The number of allylic oxidation sites excluding steroid dienone is 1. The number of ketones is 1. The van der Waals surface area contributed by atoms with Crippen molar-refractivity contribution in [1.82, 2.24) is 0 Å².